The van der Waals surface area contributed by atoms with E-state index in [0.29, 0.717) is 33.5 Å². The highest BCUT2D eigenvalue weighted by molar-refractivity contribution is 8.01. The topological polar surface area (TPSA) is 103 Å². The number of carbonyl (C=O) groups is 3. The number of hydrogen-bond acceptors (Lipinski definition) is 7. The third-order valence-corrected chi connectivity index (χ3v) is 8.63. The van der Waals surface area contributed by atoms with Crippen LogP contribution in [-0.4, -0.2) is 58.2 Å². The summed E-state index contributed by atoms with van der Waals surface area (Å²) >= 11 is 13.9. The highest BCUT2D eigenvalue weighted by Crippen LogP contribution is 2.52. The van der Waals surface area contributed by atoms with Crippen LogP contribution in [0.2, 0.25) is 10.0 Å². The second-order valence-corrected chi connectivity index (χ2v) is 11.4. The van der Waals surface area contributed by atoms with Gasteiger partial charge in [0.25, 0.3) is 5.91 Å². The predicted molar refractivity (Wildman–Crippen MR) is 137 cm³/mol. The van der Waals surface area contributed by atoms with Crippen molar-refractivity contribution in [3.63, 3.8) is 0 Å². The average Bonchev–Trinajstić information content (AvgIpc) is 3.45. The number of carbonyl (C=O) groups excluding carboxylic acids is 3. The summed E-state index contributed by atoms with van der Waals surface area (Å²) in [7, 11) is 0. The molecule has 0 aromatic heterocycles. The van der Waals surface area contributed by atoms with Gasteiger partial charge in [0.15, 0.2) is 0 Å². The number of thioether (sulfide) groups is 1. The third-order valence-electron chi connectivity index (χ3n) is 6.75. The first-order valence-corrected chi connectivity index (χ1v) is 13.1. The molecule has 1 N–H and O–H groups in total. The Bertz CT molecular complexity index is 1280. The van der Waals surface area contributed by atoms with Crippen LogP contribution in [0.3, 0.4) is 0 Å². The molecule has 0 bridgehead atoms. The molecule has 0 radical (unpaired) electrons. The van der Waals surface area contributed by atoms with Crippen molar-refractivity contribution in [3.8, 4) is 6.07 Å². The summed E-state index contributed by atoms with van der Waals surface area (Å²) < 4.78 is 5.18. The van der Waals surface area contributed by atoms with E-state index >= 15 is 0 Å². The normalized spacial score (nSPS) is 27.0. The minimum Gasteiger partial charge on any atom is -0.465 e. The molecule has 0 unspecified atom stereocenters. The largest absolute Gasteiger partial charge is 0.465 e. The highest BCUT2D eigenvalue weighted by atomic mass is 35.5. The van der Waals surface area contributed by atoms with Gasteiger partial charge in [-0.1, -0.05) is 35.3 Å². The van der Waals surface area contributed by atoms with Crippen molar-refractivity contribution >= 4 is 58.6 Å². The maximum absolute atomic E-state index is 14.1. The average molecular weight is 545 g/mol. The molecule has 11 heteroatoms. The van der Waals surface area contributed by atoms with Crippen LogP contribution in [-0.2, 0) is 20.7 Å². The number of halogens is 2. The van der Waals surface area contributed by atoms with E-state index < -0.39 is 22.5 Å². The molecule has 36 heavy (non-hydrogen) atoms. The molecule has 1 spiro atoms. The van der Waals surface area contributed by atoms with Gasteiger partial charge in [0, 0.05) is 28.6 Å². The van der Waals surface area contributed by atoms with Crippen molar-refractivity contribution in [1.82, 2.24) is 10.2 Å². The third kappa shape index (κ3) is 4.12. The van der Waals surface area contributed by atoms with Crippen molar-refractivity contribution in [3.05, 3.63) is 63.6 Å². The van der Waals surface area contributed by atoms with Gasteiger partial charge in [0.1, 0.15) is 11.6 Å². The summed E-state index contributed by atoms with van der Waals surface area (Å²) in [5, 5.41) is 13.1. The van der Waals surface area contributed by atoms with Crippen LogP contribution in [0.25, 0.3) is 0 Å². The molecular formula is C25H22Cl2N4O4S. The van der Waals surface area contributed by atoms with E-state index in [1.165, 1.54) is 30.0 Å². The second-order valence-electron chi connectivity index (χ2n) is 9.09. The molecule has 186 valence electrons. The molecule has 0 aliphatic carbocycles. The fourth-order valence-corrected chi connectivity index (χ4v) is 7.27. The molecule has 3 aliphatic heterocycles. The Labute approximate surface area is 222 Å². The Morgan fingerprint density at radius 1 is 1.22 bits per heavy atom. The van der Waals surface area contributed by atoms with E-state index in [2.05, 4.69) is 11.4 Å². The molecule has 3 aliphatic rings. The molecular weight excluding hydrogens is 523 g/mol. The maximum Gasteiger partial charge on any atom is 0.332 e. The zero-order valence-electron chi connectivity index (χ0n) is 19.3. The molecule has 2 aromatic rings. The number of anilines is 1. The van der Waals surface area contributed by atoms with Gasteiger partial charge in [0.05, 0.1) is 35.3 Å². The number of rotatable bonds is 5. The fraction of sp³-hybridized carbons (Fsp3) is 0.360. The van der Waals surface area contributed by atoms with Gasteiger partial charge in [0.2, 0.25) is 0 Å². The smallest absolute Gasteiger partial charge is 0.332 e. The van der Waals surface area contributed by atoms with Gasteiger partial charge < -0.3 is 9.64 Å². The summed E-state index contributed by atoms with van der Waals surface area (Å²) in [5.41, 5.74) is 0.434. The van der Waals surface area contributed by atoms with Gasteiger partial charge in [-0.05, 0) is 42.8 Å². The number of fused-ring (bicyclic) bond motifs is 1. The summed E-state index contributed by atoms with van der Waals surface area (Å²) in [6, 6.07) is 12.7. The number of imide groups is 1. The first-order chi connectivity index (χ1) is 17.2. The number of esters is 1. The van der Waals surface area contributed by atoms with E-state index in [0.717, 1.165) is 10.5 Å². The number of amides is 3. The first kappa shape index (κ1) is 24.9. The summed E-state index contributed by atoms with van der Waals surface area (Å²) in [5.74, 6) is -0.243. The van der Waals surface area contributed by atoms with E-state index in [9.17, 15) is 14.4 Å². The molecule has 3 fully saturated rings. The van der Waals surface area contributed by atoms with Crippen LogP contribution < -0.4 is 10.2 Å². The number of urea groups is 1. The predicted octanol–water partition coefficient (Wildman–Crippen LogP) is 3.98. The minimum absolute atomic E-state index is 0.235. The van der Waals surface area contributed by atoms with Gasteiger partial charge in [-0.2, -0.15) is 5.26 Å². The lowest BCUT2D eigenvalue weighted by molar-refractivity contribution is -0.145. The SMILES string of the molecule is CCOC(=O)[C@@H]1CS[C@]2(CN3C(=O)N(c4cc(Cl)cc(Cl)c4)C(=O)[C@]3(Cc3ccc(C#N)cc3)C2)N1. The van der Waals surface area contributed by atoms with Gasteiger partial charge in [-0.15, -0.1) is 11.8 Å². The van der Waals surface area contributed by atoms with E-state index in [4.69, 9.17) is 33.2 Å². The van der Waals surface area contributed by atoms with Crippen LogP contribution in [0.15, 0.2) is 42.5 Å². The van der Waals surface area contributed by atoms with E-state index in [1.807, 2.05) is 0 Å². The van der Waals surface area contributed by atoms with E-state index in [1.54, 1.807) is 36.1 Å². The van der Waals surface area contributed by atoms with Gasteiger partial charge >= 0.3 is 12.0 Å². The van der Waals surface area contributed by atoms with Crippen molar-refractivity contribution in [2.75, 3.05) is 23.8 Å². The molecule has 2 aromatic carbocycles. The lowest BCUT2D eigenvalue weighted by Gasteiger charge is -2.29. The van der Waals surface area contributed by atoms with Crippen molar-refractivity contribution in [2.24, 2.45) is 0 Å². The van der Waals surface area contributed by atoms with Crippen LogP contribution in [0.1, 0.15) is 24.5 Å². The fourth-order valence-electron chi connectivity index (χ4n) is 5.26. The Hall–Kier alpha value is -2.77. The number of hydrogen-bond donors (Lipinski definition) is 1. The lowest BCUT2D eigenvalue weighted by Crippen LogP contribution is -2.50. The molecule has 8 nitrogen and oxygen atoms in total. The molecule has 5 rings (SSSR count). The van der Waals surface area contributed by atoms with E-state index in [-0.39, 0.29) is 31.4 Å². The van der Waals surface area contributed by atoms with Crippen LogP contribution >= 0.6 is 35.0 Å². The number of ether oxygens (including phenoxy) is 1. The molecule has 3 amide bonds. The van der Waals surface area contributed by atoms with Gasteiger partial charge in [-0.25, -0.2) is 9.69 Å². The minimum atomic E-state index is -1.19. The second kappa shape index (κ2) is 9.27. The summed E-state index contributed by atoms with van der Waals surface area (Å²) in [6.07, 6.45) is 0.554. The molecule has 3 saturated heterocycles. The first-order valence-electron chi connectivity index (χ1n) is 11.4. The van der Waals surface area contributed by atoms with Crippen molar-refractivity contribution in [1.29, 1.82) is 5.26 Å². The number of nitrogens with one attached hydrogen (secondary N) is 1. The Morgan fingerprint density at radius 2 is 1.92 bits per heavy atom. The quantitative estimate of drug-likeness (QED) is 0.448. The molecule has 3 atom stereocenters. The number of nitrogens with zero attached hydrogens (tertiary/aromatic N) is 3. The van der Waals surface area contributed by atoms with Crippen molar-refractivity contribution in [2.45, 2.75) is 36.2 Å². The summed E-state index contributed by atoms with van der Waals surface area (Å²) in [6.45, 7) is 2.26. The number of benzene rings is 2. The molecule has 0 saturated carbocycles. The summed E-state index contributed by atoms with van der Waals surface area (Å²) in [4.78, 5) is 42.3. The Morgan fingerprint density at radius 3 is 2.56 bits per heavy atom. The Balaban J connectivity index is 1.52. The maximum atomic E-state index is 14.1. The monoisotopic (exact) mass is 544 g/mol. The lowest BCUT2D eigenvalue weighted by atomic mass is 9.86. The van der Waals surface area contributed by atoms with Gasteiger partial charge in [-0.3, -0.25) is 14.9 Å². The van der Waals surface area contributed by atoms with Crippen LogP contribution in [0, 0.1) is 11.3 Å². The highest BCUT2D eigenvalue weighted by Gasteiger charge is 2.67. The standard InChI is InChI=1S/C25H22Cl2N4O4S/c1-2-35-21(32)20-12-36-25(29-20)13-24(10-15-3-5-16(11-28)6-4-15)22(33)31(23(34)30(24)14-25)19-8-17(26)7-18(27)9-19/h3-9,20,29H,2,10,12-14H2,1H3/t20-,24-,25+/m0/s1. The zero-order valence-corrected chi connectivity index (χ0v) is 21.6. The number of nitriles is 1. The van der Waals surface area contributed by atoms with Crippen molar-refractivity contribution < 1.29 is 19.1 Å². The Kier molecular flexibility index (Phi) is 6.41. The van der Waals surface area contributed by atoms with Crippen LogP contribution in [0.5, 0.6) is 0 Å². The molecule has 3 heterocycles. The zero-order chi connectivity index (χ0) is 25.7. The van der Waals surface area contributed by atoms with Crippen LogP contribution in [0.4, 0.5) is 10.5 Å².